The number of nitrogens with one attached hydrogen (secondary N) is 1. The molecule has 2 unspecified atom stereocenters. The van der Waals surface area contributed by atoms with Crippen molar-refractivity contribution in [1.29, 1.82) is 0 Å². The summed E-state index contributed by atoms with van der Waals surface area (Å²) in [5, 5.41) is 3.14. The smallest absolute Gasteiger partial charge is 0.236 e. The fourth-order valence-electron chi connectivity index (χ4n) is 3.74. The first-order valence-electron chi connectivity index (χ1n) is 8.61. The zero-order valence-corrected chi connectivity index (χ0v) is 15.0. The van der Waals surface area contributed by atoms with Crippen molar-refractivity contribution in [2.24, 2.45) is 0 Å². The molecule has 2 saturated heterocycles. The van der Waals surface area contributed by atoms with Gasteiger partial charge in [0, 0.05) is 32.2 Å². The van der Waals surface area contributed by atoms with Gasteiger partial charge >= 0.3 is 0 Å². The molecule has 0 saturated carbocycles. The van der Waals surface area contributed by atoms with Crippen LogP contribution in [-0.2, 0) is 4.79 Å². The van der Waals surface area contributed by atoms with E-state index in [0.717, 1.165) is 45.6 Å². The lowest BCUT2D eigenvalue weighted by atomic mass is 9.97. The molecule has 6 heteroatoms. The van der Waals surface area contributed by atoms with Crippen LogP contribution in [-0.4, -0.2) is 61.0 Å². The van der Waals surface area contributed by atoms with E-state index in [1.54, 1.807) is 0 Å². The maximum atomic E-state index is 13.0. The van der Waals surface area contributed by atoms with E-state index in [4.69, 9.17) is 0 Å². The molecule has 1 aromatic rings. The quantitative estimate of drug-likeness (QED) is 0.899. The molecule has 24 heavy (non-hydrogen) atoms. The molecule has 0 spiro atoms. The van der Waals surface area contributed by atoms with Crippen molar-refractivity contribution in [2.45, 2.75) is 31.7 Å². The third-order valence-corrected chi connectivity index (χ3v) is 5.02. The number of halogens is 2. The Morgan fingerprint density at radius 2 is 2.04 bits per heavy atom. The number of benzene rings is 1. The first-order chi connectivity index (χ1) is 11.1. The number of rotatable bonds is 4. The van der Waals surface area contributed by atoms with E-state index in [1.807, 2.05) is 12.1 Å². The number of likely N-dealkylation sites (tertiary alicyclic amines) is 1. The summed E-state index contributed by atoms with van der Waals surface area (Å²) in [6, 6.07) is 7.16. The first-order valence-corrected chi connectivity index (χ1v) is 8.61. The Morgan fingerprint density at radius 3 is 2.75 bits per heavy atom. The average Bonchev–Trinajstić information content (AvgIpc) is 2.56. The normalized spacial score (nSPS) is 23.7. The van der Waals surface area contributed by atoms with Crippen LogP contribution in [0, 0.1) is 5.82 Å². The number of piperazine rings is 1. The lowest BCUT2D eigenvalue weighted by Crippen LogP contribution is -2.57. The highest BCUT2D eigenvalue weighted by Crippen LogP contribution is 2.22. The summed E-state index contributed by atoms with van der Waals surface area (Å²) in [4.78, 5) is 16.6. The number of carbonyl (C=O) groups excluding carboxylic acids is 1. The molecule has 2 heterocycles. The summed E-state index contributed by atoms with van der Waals surface area (Å²) >= 11 is 0. The fraction of sp³-hybridized carbons (Fsp3) is 0.611. The second-order valence-corrected chi connectivity index (χ2v) is 6.77. The number of carbonyl (C=O) groups is 1. The van der Waals surface area contributed by atoms with E-state index in [-0.39, 0.29) is 24.1 Å². The van der Waals surface area contributed by atoms with Gasteiger partial charge in [-0.15, -0.1) is 12.4 Å². The molecule has 0 aliphatic carbocycles. The van der Waals surface area contributed by atoms with Gasteiger partial charge in [0.05, 0.1) is 6.54 Å². The Hall–Kier alpha value is -1.17. The van der Waals surface area contributed by atoms with Crippen molar-refractivity contribution < 1.29 is 9.18 Å². The van der Waals surface area contributed by atoms with Crippen LogP contribution >= 0.6 is 12.4 Å². The molecule has 2 atom stereocenters. The Balaban J connectivity index is 0.00000208. The molecular weight excluding hydrogens is 329 g/mol. The van der Waals surface area contributed by atoms with Gasteiger partial charge in [-0.2, -0.15) is 0 Å². The Bertz CT molecular complexity index is 540. The van der Waals surface area contributed by atoms with Gasteiger partial charge in [0.15, 0.2) is 0 Å². The van der Waals surface area contributed by atoms with Crippen molar-refractivity contribution >= 4 is 18.3 Å². The highest BCUT2D eigenvalue weighted by molar-refractivity contribution is 5.85. The van der Waals surface area contributed by atoms with Crippen LogP contribution in [0.1, 0.15) is 31.2 Å². The summed E-state index contributed by atoms with van der Waals surface area (Å²) in [6.07, 6.45) is 2.24. The fourth-order valence-corrected chi connectivity index (χ4v) is 3.74. The summed E-state index contributed by atoms with van der Waals surface area (Å²) in [5.74, 6) is 0.416. The topological polar surface area (TPSA) is 35.6 Å². The summed E-state index contributed by atoms with van der Waals surface area (Å²) in [5.41, 5.74) is 1.17. The molecule has 1 amide bonds. The summed E-state index contributed by atoms with van der Waals surface area (Å²) < 4.78 is 13.0. The van der Waals surface area contributed by atoms with Crippen LogP contribution in [0.15, 0.2) is 24.3 Å². The molecule has 1 aromatic carbocycles. The molecular formula is C18H27ClFN3O. The molecule has 134 valence electrons. The van der Waals surface area contributed by atoms with E-state index in [2.05, 4.69) is 22.0 Å². The Kier molecular flexibility index (Phi) is 7.02. The van der Waals surface area contributed by atoms with E-state index < -0.39 is 0 Å². The molecule has 1 N–H and O–H groups in total. The maximum Gasteiger partial charge on any atom is 0.236 e. The number of nitrogens with zero attached hydrogens (tertiary/aromatic N) is 2. The highest BCUT2D eigenvalue weighted by Gasteiger charge is 2.30. The lowest BCUT2D eigenvalue weighted by Gasteiger charge is -2.41. The molecule has 0 aromatic heterocycles. The Labute approximate surface area is 149 Å². The third-order valence-electron chi connectivity index (χ3n) is 5.02. The van der Waals surface area contributed by atoms with Crippen LogP contribution in [0.3, 0.4) is 0 Å². The average molecular weight is 356 g/mol. The van der Waals surface area contributed by atoms with Crippen molar-refractivity contribution in [3.63, 3.8) is 0 Å². The van der Waals surface area contributed by atoms with Gasteiger partial charge in [-0.05, 0) is 43.0 Å². The van der Waals surface area contributed by atoms with E-state index in [0.29, 0.717) is 18.5 Å². The number of piperidine rings is 1. The zero-order chi connectivity index (χ0) is 16.2. The summed E-state index contributed by atoms with van der Waals surface area (Å²) in [7, 11) is 0. The van der Waals surface area contributed by atoms with Crippen molar-refractivity contribution in [2.75, 3.05) is 39.3 Å². The molecule has 2 aliphatic rings. The van der Waals surface area contributed by atoms with Crippen LogP contribution < -0.4 is 5.32 Å². The molecule has 4 nitrogen and oxygen atoms in total. The van der Waals surface area contributed by atoms with Gasteiger partial charge in [-0.25, -0.2) is 4.39 Å². The van der Waals surface area contributed by atoms with Crippen molar-refractivity contribution in [3.05, 3.63) is 35.6 Å². The predicted octanol–water partition coefficient (Wildman–Crippen LogP) is 2.25. The second-order valence-electron chi connectivity index (χ2n) is 6.77. The molecule has 3 rings (SSSR count). The van der Waals surface area contributed by atoms with Gasteiger partial charge < -0.3 is 15.1 Å². The highest BCUT2D eigenvalue weighted by atomic mass is 35.5. The minimum atomic E-state index is -0.184. The van der Waals surface area contributed by atoms with Crippen LogP contribution in [0.5, 0.6) is 0 Å². The van der Waals surface area contributed by atoms with Crippen LogP contribution in [0.4, 0.5) is 4.39 Å². The van der Waals surface area contributed by atoms with Crippen molar-refractivity contribution in [1.82, 2.24) is 15.1 Å². The van der Waals surface area contributed by atoms with Gasteiger partial charge in [-0.1, -0.05) is 19.1 Å². The van der Waals surface area contributed by atoms with Gasteiger partial charge in [0.2, 0.25) is 5.91 Å². The van der Waals surface area contributed by atoms with E-state index >= 15 is 0 Å². The minimum absolute atomic E-state index is 0. The predicted molar refractivity (Wildman–Crippen MR) is 96.1 cm³/mol. The SMILES string of the molecule is CC(CN1CCCC(N2CCNCC2=O)C1)c1ccc(F)cc1.Cl. The Morgan fingerprint density at radius 1 is 1.29 bits per heavy atom. The summed E-state index contributed by atoms with van der Waals surface area (Å²) in [6.45, 7) is 7.39. The first kappa shape index (κ1) is 19.2. The molecule has 2 fully saturated rings. The lowest BCUT2D eigenvalue weighted by molar-refractivity contribution is -0.135. The molecule has 0 radical (unpaired) electrons. The monoisotopic (exact) mass is 355 g/mol. The third kappa shape index (κ3) is 4.68. The van der Waals surface area contributed by atoms with E-state index in [1.165, 1.54) is 17.7 Å². The standard InChI is InChI=1S/C18H26FN3O.ClH/c1-14(15-4-6-16(19)7-5-15)12-21-9-2-3-17(13-21)22-10-8-20-11-18(22)23;/h4-7,14,17,20H,2-3,8-13H2,1H3;1H. The maximum absolute atomic E-state index is 13.0. The zero-order valence-electron chi connectivity index (χ0n) is 14.2. The second kappa shape index (κ2) is 8.79. The number of amides is 1. The van der Waals surface area contributed by atoms with Crippen LogP contribution in [0.25, 0.3) is 0 Å². The van der Waals surface area contributed by atoms with Gasteiger partial charge in [-0.3, -0.25) is 4.79 Å². The minimum Gasteiger partial charge on any atom is -0.336 e. The van der Waals surface area contributed by atoms with Gasteiger partial charge in [0.25, 0.3) is 0 Å². The largest absolute Gasteiger partial charge is 0.336 e. The number of hydrogen-bond acceptors (Lipinski definition) is 3. The molecule has 0 bridgehead atoms. The molecule has 2 aliphatic heterocycles. The van der Waals surface area contributed by atoms with Gasteiger partial charge in [0.1, 0.15) is 5.82 Å². The number of hydrogen-bond donors (Lipinski definition) is 1. The van der Waals surface area contributed by atoms with Crippen LogP contribution in [0.2, 0.25) is 0 Å². The van der Waals surface area contributed by atoms with Crippen molar-refractivity contribution in [3.8, 4) is 0 Å². The van der Waals surface area contributed by atoms with E-state index in [9.17, 15) is 9.18 Å².